The molecule has 0 radical (unpaired) electrons. The van der Waals surface area contributed by atoms with Crippen molar-refractivity contribution in [1.82, 2.24) is 10.6 Å². The van der Waals surface area contributed by atoms with Gasteiger partial charge in [-0.15, -0.1) is 0 Å². The first-order valence-electron chi connectivity index (χ1n) is 8.90. The Morgan fingerprint density at radius 3 is 2.54 bits per heavy atom. The van der Waals surface area contributed by atoms with Crippen molar-refractivity contribution in [2.75, 3.05) is 0 Å². The third kappa shape index (κ3) is 5.13. The fourth-order valence-electron chi connectivity index (χ4n) is 3.01. The van der Waals surface area contributed by atoms with E-state index in [0.29, 0.717) is 0 Å². The number of rotatable bonds is 6. The minimum atomic E-state index is -0.273. The Balaban J connectivity index is 1.93. The molecule has 0 saturated heterocycles. The highest BCUT2D eigenvalue weighted by Crippen LogP contribution is 2.18. The number of hydrogen-bond acceptors (Lipinski definition) is 3. The molecule has 1 saturated carbocycles. The van der Waals surface area contributed by atoms with E-state index in [9.17, 15) is 10.1 Å². The second-order valence-corrected chi connectivity index (χ2v) is 6.46. The van der Waals surface area contributed by atoms with E-state index in [2.05, 4.69) is 41.8 Å². The maximum absolute atomic E-state index is 12.2. The minimum absolute atomic E-state index is 0.0433. The summed E-state index contributed by atoms with van der Waals surface area (Å²) in [6.07, 6.45) is 8.12. The average molecular weight is 325 g/mol. The summed E-state index contributed by atoms with van der Waals surface area (Å²) >= 11 is 0. The topological polar surface area (TPSA) is 64.9 Å². The Morgan fingerprint density at radius 1 is 1.29 bits per heavy atom. The Bertz CT molecular complexity index is 607. The number of carbonyl (C=O) groups excluding carboxylic acids is 1. The molecule has 0 aromatic heterocycles. The Labute approximate surface area is 144 Å². The smallest absolute Gasteiger partial charge is 0.263 e. The Morgan fingerprint density at radius 2 is 1.96 bits per heavy atom. The molecule has 0 aliphatic heterocycles. The SMILES string of the molecule is CCc1ccc(C(C)N/C=C(/C#N)C(=O)NC2CCCCC2)cc1. The minimum Gasteiger partial charge on any atom is -0.383 e. The maximum Gasteiger partial charge on any atom is 0.263 e. The number of amides is 1. The quantitative estimate of drug-likeness (QED) is 0.618. The van der Waals surface area contributed by atoms with Crippen LogP contribution in [0.3, 0.4) is 0 Å². The number of nitriles is 1. The van der Waals surface area contributed by atoms with Gasteiger partial charge in [-0.25, -0.2) is 0 Å². The van der Waals surface area contributed by atoms with Crippen molar-refractivity contribution in [2.24, 2.45) is 0 Å². The van der Waals surface area contributed by atoms with Crippen LogP contribution in [-0.4, -0.2) is 11.9 Å². The van der Waals surface area contributed by atoms with Gasteiger partial charge in [0, 0.05) is 18.3 Å². The van der Waals surface area contributed by atoms with Gasteiger partial charge in [-0.05, 0) is 37.3 Å². The molecule has 1 unspecified atom stereocenters. The van der Waals surface area contributed by atoms with E-state index < -0.39 is 0 Å². The highest BCUT2D eigenvalue weighted by Gasteiger charge is 2.18. The van der Waals surface area contributed by atoms with E-state index >= 15 is 0 Å². The number of nitrogens with one attached hydrogen (secondary N) is 2. The van der Waals surface area contributed by atoms with Crippen LogP contribution in [0.5, 0.6) is 0 Å². The first kappa shape index (κ1) is 18.1. The van der Waals surface area contributed by atoms with Gasteiger partial charge in [-0.1, -0.05) is 50.5 Å². The molecule has 0 heterocycles. The lowest BCUT2D eigenvalue weighted by atomic mass is 9.95. The van der Waals surface area contributed by atoms with Crippen LogP contribution in [0.15, 0.2) is 36.0 Å². The highest BCUT2D eigenvalue weighted by molar-refractivity contribution is 5.97. The van der Waals surface area contributed by atoms with E-state index in [0.717, 1.165) is 37.7 Å². The molecule has 1 atom stereocenters. The summed E-state index contributed by atoms with van der Waals surface area (Å²) in [5.74, 6) is -0.273. The van der Waals surface area contributed by atoms with Crippen molar-refractivity contribution in [3.63, 3.8) is 0 Å². The summed E-state index contributed by atoms with van der Waals surface area (Å²) in [6.45, 7) is 4.15. The number of carbonyl (C=O) groups is 1. The van der Waals surface area contributed by atoms with Crippen molar-refractivity contribution in [2.45, 2.75) is 64.5 Å². The molecule has 1 aromatic carbocycles. The summed E-state index contributed by atoms with van der Waals surface area (Å²) in [4.78, 5) is 12.2. The molecule has 1 aliphatic rings. The van der Waals surface area contributed by atoms with Gasteiger partial charge in [0.1, 0.15) is 11.6 Å². The summed E-state index contributed by atoms with van der Waals surface area (Å²) in [5, 5.41) is 15.4. The monoisotopic (exact) mass is 325 g/mol. The molecule has 24 heavy (non-hydrogen) atoms. The van der Waals surface area contributed by atoms with Gasteiger partial charge in [0.15, 0.2) is 0 Å². The van der Waals surface area contributed by atoms with E-state index in [1.807, 2.05) is 13.0 Å². The van der Waals surface area contributed by atoms with Crippen LogP contribution in [-0.2, 0) is 11.2 Å². The van der Waals surface area contributed by atoms with Crippen LogP contribution in [0.2, 0.25) is 0 Å². The number of nitrogens with zero attached hydrogens (tertiary/aromatic N) is 1. The van der Waals surface area contributed by atoms with Gasteiger partial charge in [-0.2, -0.15) is 5.26 Å². The summed E-state index contributed by atoms with van der Waals surface area (Å²) < 4.78 is 0. The first-order valence-corrected chi connectivity index (χ1v) is 8.90. The van der Waals surface area contributed by atoms with Gasteiger partial charge in [0.2, 0.25) is 0 Å². The van der Waals surface area contributed by atoms with Gasteiger partial charge < -0.3 is 10.6 Å². The van der Waals surface area contributed by atoms with Crippen molar-refractivity contribution < 1.29 is 4.79 Å². The largest absolute Gasteiger partial charge is 0.383 e. The van der Waals surface area contributed by atoms with Crippen LogP contribution in [0.1, 0.15) is 63.1 Å². The molecule has 4 nitrogen and oxygen atoms in total. The molecule has 4 heteroatoms. The second kappa shape index (κ2) is 9.12. The fourth-order valence-corrected chi connectivity index (χ4v) is 3.01. The van der Waals surface area contributed by atoms with Crippen LogP contribution in [0, 0.1) is 11.3 Å². The Hall–Kier alpha value is -2.28. The number of benzene rings is 1. The molecule has 2 rings (SSSR count). The van der Waals surface area contributed by atoms with Gasteiger partial charge in [0.05, 0.1) is 0 Å². The maximum atomic E-state index is 12.2. The molecule has 0 bridgehead atoms. The number of hydrogen-bond donors (Lipinski definition) is 2. The highest BCUT2D eigenvalue weighted by atomic mass is 16.1. The molecular formula is C20H27N3O. The molecule has 128 valence electrons. The first-order chi connectivity index (χ1) is 11.6. The molecule has 0 spiro atoms. The molecule has 1 aromatic rings. The van der Waals surface area contributed by atoms with Crippen LogP contribution < -0.4 is 10.6 Å². The van der Waals surface area contributed by atoms with Crippen molar-refractivity contribution in [1.29, 1.82) is 5.26 Å². The zero-order valence-electron chi connectivity index (χ0n) is 14.6. The van der Waals surface area contributed by atoms with Gasteiger partial charge in [0.25, 0.3) is 5.91 Å². The van der Waals surface area contributed by atoms with E-state index in [4.69, 9.17) is 0 Å². The van der Waals surface area contributed by atoms with E-state index in [1.165, 1.54) is 18.2 Å². The van der Waals surface area contributed by atoms with Gasteiger partial charge >= 0.3 is 0 Å². The lowest BCUT2D eigenvalue weighted by Gasteiger charge is -2.22. The predicted octanol–water partition coefficient (Wildman–Crippen LogP) is 3.76. The third-order valence-electron chi connectivity index (χ3n) is 4.67. The lowest BCUT2D eigenvalue weighted by Crippen LogP contribution is -2.37. The number of aryl methyl sites for hydroxylation is 1. The van der Waals surface area contributed by atoms with Gasteiger partial charge in [-0.3, -0.25) is 4.79 Å². The molecule has 1 amide bonds. The predicted molar refractivity (Wildman–Crippen MR) is 96.1 cm³/mol. The summed E-state index contributed by atoms with van der Waals surface area (Å²) in [7, 11) is 0. The van der Waals surface area contributed by atoms with Crippen LogP contribution >= 0.6 is 0 Å². The molecule has 1 fully saturated rings. The molecular weight excluding hydrogens is 298 g/mol. The van der Waals surface area contributed by atoms with Crippen molar-refractivity contribution >= 4 is 5.91 Å². The van der Waals surface area contributed by atoms with Crippen molar-refractivity contribution in [3.05, 3.63) is 47.2 Å². The molecule has 2 N–H and O–H groups in total. The second-order valence-electron chi connectivity index (χ2n) is 6.46. The zero-order chi connectivity index (χ0) is 17.4. The standard InChI is InChI=1S/C20H27N3O/c1-3-16-9-11-17(12-10-16)15(2)22-14-18(13-21)20(24)23-19-7-5-4-6-8-19/h9-12,14-15,19,22H,3-8H2,1-2H3,(H,23,24)/b18-14-. The van der Waals surface area contributed by atoms with E-state index in [1.54, 1.807) is 0 Å². The fraction of sp³-hybridized carbons (Fsp3) is 0.500. The average Bonchev–Trinajstić information content (AvgIpc) is 2.63. The molecule has 1 aliphatic carbocycles. The lowest BCUT2D eigenvalue weighted by molar-refractivity contribution is -0.118. The normalized spacial score (nSPS) is 17.0. The Kier molecular flexibility index (Phi) is 6.87. The summed E-state index contributed by atoms with van der Waals surface area (Å²) in [5.41, 5.74) is 2.57. The third-order valence-corrected chi connectivity index (χ3v) is 4.67. The zero-order valence-corrected chi connectivity index (χ0v) is 14.6. The van der Waals surface area contributed by atoms with E-state index in [-0.39, 0.29) is 23.6 Å². The van der Waals surface area contributed by atoms with Crippen LogP contribution in [0.4, 0.5) is 0 Å². The summed E-state index contributed by atoms with van der Waals surface area (Å²) in [6, 6.07) is 10.6. The van der Waals surface area contributed by atoms with Crippen molar-refractivity contribution in [3.8, 4) is 6.07 Å². The van der Waals surface area contributed by atoms with Crippen LogP contribution in [0.25, 0.3) is 0 Å².